The Bertz CT molecular complexity index is 708. The van der Waals surface area contributed by atoms with Crippen molar-refractivity contribution in [3.63, 3.8) is 0 Å². The van der Waals surface area contributed by atoms with E-state index in [0.717, 1.165) is 24.1 Å². The number of rotatable bonds is 4. The molecule has 0 atom stereocenters. The summed E-state index contributed by atoms with van der Waals surface area (Å²) in [5, 5.41) is 0. The van der Waals surface area contributed by atoms with Gasteiger partial charge in [0.15, 0.2) is 17.9 Å². The molecule has 24 heavy (non-hydrogen) atoms. The summed E-state index contributed by atoms with van der Waals surface area (Å²) < 4.78 is 37.8. The van der Waals surface area contributed by atoms with Crippen LogP contribution < -0.4 is 0 Å². The Labute approximate surface area is 139 Å². The van der Waals surface area contributed by atoms with E-state index in [4.69, 9.17) is 9.47 Å². The van der Waals surface area contributed by atoms with Gasteiger partial charge in [-0.15, -0.1) is 0 Å². The van der Waals surface area contributed by atoms with Crippen molar-refractivity contribution in [1.29, 1.82) is 0 Å². The van der Waals surface area contributed by atoms with Gasteiger partial charge in [0.25, 0.3) is 0 Å². The van der Waals surface area contributed by atoms with Crippen LogP contribution in [0.2, 0.25) is 0 Å². The molecular formula is C19H19F2NO2. The van der Waals surface area contributed by atoms with Crippen LogP contribution in [0.5, 0.6) is 0 Å². The summed E-state index contributed by atoms with van der Waals surface area (Å²) in [7, 11) is 0. The lowest BCUT2D eigenvalue weighted by Crippen LogP contribution is -2.25. The lowest BCUT2D eigenvalue weighted by atomic mass is 10.1. The van der Waals surface area contributed by atoms with Gasteiger partial charge in [0.05, 0.1) is 18.9 Å². The maximum absolute atomic E-state index is 13.3. The van der Waals surface area contributed by atoms with Crippen molar-refractivity contribution in [2.45, 2.75) is 19.6 Å². The molecule has 1 saturated heterocycles. The summed E-state index contributed by atoms with van der Waals surface area (Å²) in [5.41, 5.74) is 1.90. The minimum absolute atomic E-state index is 0.274. The van der Waals surface area contributed by atoms with E-state index >= 15 is 0 Å². The van der Waals surface area contributed by atoms with Crippen molar-refractivity contribution >= 4 is 0 Å². The molecule has 1 aromatic carbocycles. The van der Waals surface area contributed by atoms with Gasteiger partial charge in [-0.3, -0.25) is 4.98 Å². The zero-order chi connectivity index (χ0) is 16.9. The third kappa shape index (κ3) is 3.86. The topological polar surface area (TPSA) is 31.4 Å². The summed E-state index contributed by atoms with van der Waals surface area (Å²) >= 11 is 0. The van der Waals surface area contributed by atoms with Gasteiger partial charge >= 0.3 is 0 Å². The molecule has 0 saturated carbocycles. The normalized spacial score (nSPS) is 21.3. The van der Waals surface area contributed by atoms with Crippen LogP contribution in [-0.4, -0.2) is 18.2 Å². The second-order valence-electron chi connectivity index (χ2n) is 5.70. The molecule has 5 heteroatoms. The summed E-state index contributed by atoms with van der Waals surface area (Å²) in [6.45, 7) is 3.29. The van der Waals surface area contributed by atoms with Crippen molar-refractivity contribution in [3.8, 4) is 11.3 Å². The molecule has 1 aromatic heterocycles. The molecule has 0 amide bonds. The van der Waals surface area contributed by atoms with Gasteiger partial charge in [-0.05, 0) is 30.7 Å². The first-order valence-corrected chi connectivity index (χ1v) is 7.98. The number of halogens is 2. The second-order valence-corrected chi connectivity index (χ2v) is 5.70. The smallest absolute Gasteiger partial charge is 0.185 e. The number of nitrogens with zero attached hydrogens (tertiary/aromatic N) is 1. The zero-order valence-electron chi connectivity index (χ0n) is 13.4. The molecule has 3 nitrogen and oxygen atoms in total. The standard InChI is InChI=1S/C19H19F2NO2/c1-2-3-4-13-11-23-19(24-12-13)15-6-8-18(22-10-15)14-5-7-16(20)17(21)9-14/h3-10,13,19H,2,11-12H2,1H3. The first kappa shape index (κ1) is 16.7. The maximum Gasteiger partial charge on any atom is 0.185 e. The summed E-state index contributed by atoms with van der Waals surface area (Å²) in [4.78, 5) is 4.30. The van der Waals surface area contributed by atoms with Gasteiger partial charge in [-0.2, -0.15) is 0 Å². The fraction of sp³-hybridized carbons (Fsp3) is 0.316. The average Bonchev–Trinajstić information content (AvgIpc) is 2.63. The van der Waals surface area contributed by atoms with Crippen LogP contribution in [0.4, 0.5) is 8.78 Å². The Balaban J connectivity index is 1.67. The molecule has 0 radical (unpaired) electrons. The molecule has 0 spiro atoms. The van der Waals surface area contributed by atoms with Crippen LogP contribution in [0.25, 0.3) is 11.3 Å². The van der Waals surface area contributed by atoms with Crippen LogP contribution in [0.15, 0.2) is 48.7 Å². The van der Waals surface area contributed by atoms with E-state index in [-0.39, 0.29) is 5.92 Å². The highest BCUT2D eigenvalue weighted by atomic mass is 19.2. The van der Waals surface area contributed by atoms with E-state index in [1.165, 1.54) is 6.07 Å². The summed E-state index contributed by atoms with van der Waals surface area (Å²) in [5.74, 6) is -1.48. The molecular weight excluding hydrogens is 312 g/mol. The lowest BCUT2D eigenvalue weighted by molar-refractivity contribution is -0.197. The zero-order valence-corrected chi connectivity index (χ0v) is 13.4. The minimum atomic E-state index is -0.886. The molecule has 2 aromatic rings. The Morgan fingerprint density at radius 1 is 1.12 bits per heavy atom. The highest BCUT2D eigenvalue weighted by molar-refractivity contribution is 5.59. The van der Waals surface area contributed by atoms with Crippen molar-refractivity contribution in [2.75, 3.05) is 13.2 Å². The van der Waals surface area contributed by atoms with Gasteiger partial charge in [0.2, 0.25) is 0 Å². The number of pyridine rings is 1. The highest BCUT2D eigenvalue weighted by Gasteiger charge is 2.22. The van der Waals surface area contributed by atoms with E-state index in [2.05, 4.69) is 24.1 Å². The van der Waals surface area contributed by atoms with Gasteiger partial charge in [0.1, 0.15) is 0 Å². The molecule has 0 aliphatic carbocycles. The number of aromatic nitrogens is 1. The van der Waals surface area contributed by atoms with Crippen molar-refractivity contribution in [3.05, 3.63) is 65.9 Å². The van der Waals surface area contributed by atoms with E-state index in [1.54, 1.807) is 12.3 Å². The van der Waals surface area contributed by atoms with Crippen molar-refractivity contribution < 1.29 is 18.3 Å². The first-order valence-electron chi connectivity index (χ1n) is 7.98. The second kappa shape index (κ2) is 7.64. The molecule has 0 bridgehead atoms. The highest BCUT2D eigenvalue weighted by Crippen LogP contribution is 2.27. The predicted octanol–water partition coefficient (Wildman–Crippen LogP) is 4.65. The van der Waals surface area contributed by atoms with Crippen LogP contribution >= 0.6 is 0 Å². The van der Waals surface area contributed by atoms with E-state index < -0.39 is 17.9 Å². The molecule has 1 aliphatic heterocycles. The summed E-state index contributed by atoms with van der Waals surface area (Å²) in [6, 6.07) is 7.31. The molecule has 0 N–H and O–H groups in total. The number of ether oxygens (including phenoxy) is 2. The van der Waals surface area contributed by atoms with Crippen LogP contribution in [0.3, 0.4) is 0 Å². The molecule has 2 heterocycles. The Morgan fingerprint density at radius 2 is 1.92 bits per heavy atom. The Hall–Kier alpha value is -2.11. The van der Waals surface area contributed by atoms with Crippen LogP contribution in [-0.2, 0) is 9.47 Å². The quantitative estimate of drug-likeness (QED) is 0.764. The average molecular weight is 331 g/mol. The monoisotopic (exact) mass is 331 g/mol. The molecule has 1 fully saturated rings. The molecule has 1 aliphatic rings. The molecule has 3 rings (SSSR count). The molecule has 0 unspecified atom stereocenters. The number of benzene rings is 1. The van der Waals surface area contributed by atoms with Gasteiger partial charge in [0, 0.05) is 23.2 Å². The third-order valence-electron chi connectivity index (χ3n) is 3.84. The van der Waals surface area contributed by atoms with E-state index in [1.807, 2.05) is 6.07 Å². The third-order valence-corrected chi connectivity index (χ3v) is 3.84. The fourth-order valence-electron chi connectivity index (χ4n) is 2.52. The number of allylic oxidation sites excluding steroid dienone is 1. The maximum atomic E-state index is 13.3. The number of hydrogen-bond donors (Lipinski definition) is 0. The number of hydrogen-bond acceptors (Lipinski definition) is 3. The lowest BCUT2D eigenvalue weighted by Gasteiger charge is -2.28. The van der Waals surface area contributed by atoms with Crippen molar-refractivity contribution in [1.82, 2.24) is 4.98 Å². The van der Waals surface area contributed by atoms with Crippen molar-refractivity contribution in [2.24, 2.45) is 5.92 Å². The predicted molar refractivity (Wildman–Crippen MR) is 87.2 cm³/mol. The van der Waals surface area contributed by atoms with Crippen LogP contribution in [0, 0.1) is 17.6 Å². The minimum Gasteiger partial charge on any atom is -0.348 e. The summed E-state index contributed by atoms with van der Waals surface area (Å²) in [6.07, 6.45) is 6.41. The van der Waals surface area contributed by atoms with Gasteiger partial charge < -0.3 is 9.47 Å². The van der Waals surface area contributed by atoms with E-state index in [0.29, 0.717) is 24.5 Å². The Morgan fingerprint density at radius 3 is 2.54 bits per heavy atom. The van der Waals surface area contributed by atoms with Crippen LogP contribution in [0.1, 0.15) is 25.2 Å². The van der Waals surface area contributed by atoms with Gasteiger partial charge in [-0.1, -0.05) is 25.1 Å². The first-order chi connectivity index (χ1) is 11.7. The fourth-order valence-corrected chi connectivity index (χ4v) is 2.52. The Kier molecular flexibility index (Phi) is 5.33. The van der Waals surface area contributed by atoms with Gasteiger partial charge in [-0.25, -0.2) is 8.78 Å². The largest absolute Gasteiger partial charge is 0.348 e. The van der Waals surface area contributed by atoms with E-state index in [9.17, 15) is 8.78 Å². The SMILES string of the molecule is CCC=CC1COC(c2ccc(-c3ccc(F)c(F)c3)nc2)OC1. The molecule has 126 valence electrons.